The monoisotopic (exact) mass is 495 g/mol. The van der Waals surface area contributed by atoms with Crippen LogP contribution in [0.1, 0.15) is 31.0 Å². The molecule has 1 aromatic heterocycles. The third kappa shape index (κ3) is 6.54. The van der Waals surface area contributed by atoms with Gasteiger partial charge in [0, 0.05) is 31.4 Å². The number of nitrogens with one attached hydrogen (secondary N) is 2. The molecule has 1 saturated heterocycles. The van der Waals surface area contributed by atoms with Crippen LogP contribution in [0.2, 0.25) is 0 Å². The summed E-state index contributed by atoms with van der Waals surface area (Å²) in [5.74, 6) is 2.17. The number of phenols is 1. The summed E-state index contributed by atoms with van der Waals surface area (Å²) < 4.78 is 0. The number of halogens is 1. The van der Waals surface area contributed by atoms with E-state index in [4.69, 9.17) is 0 Å². The van der Waals surface area contributed by atoms with E-state index in [1.165, 1.54) is 0 Å². The van der Waals surface area contributed by atoms with Gasteiger partial charge in [-0.25, -0.2) is 9.98 Å². The van der Waals surface area contributed by atoms with Gasteiger partial charge in [0.15, 0.2) is 5.96 Å². The van der Waals surface area contributed by atoms with E-state index in [-0.39, 0.29) is 29.7 Å². The maximum absolute atomic E-state index is 9.59. The second-order valence-corrected chi connectivity index (χ2v) is 6.91. The predicted octanol–water partition coefficient (Wildman–Crippen LogP) is 3.44. The van der Waals surface area contributed by atoms with Crippen LogP contribution in [0.15, 0.2) is 47.5 Å². The molecule has 2 heterocycles. The highest BCUT2D eigenvalue weighted by atomic mass is 127. The van der Waals surface area contributed by atoms with Gasteiger partial charge in [-0.05, 0) is 56.5 Å². The number of aliphatic imine (C=N–C) groups is 1. The summed E-state index contributed by atoms with van der Waals surface area (Å²) >= 11 is 0. The smallest absolute Gasteiger partial charge is 0.191 e. The summed E-state index contributed by atoms with van der Waals surface area (Å²) in [4.78, 5) is 11.6. The summed E-state index contributed by atoms with van der Waals surface area (Å²) in [5, 5.41) is 16.5. The Hall–Kier alpha value is -2.03. The zero-order chi connectivity index (χ0) is 19.1. The molecule has 0 amide bonds. The molecule has 1 aromatic carbocycles. The molecule has 0 radical (unpaired) electrons. The lowest BCUT2D eigenvalue weighted by Crippen LogP contribution is -2.48. The fourth-order valence-electron chi connectivity index (χ4n) is 3.30. The summed E-state index contributed by atoms with van der Waals surface area (Å²) in [6, 6.07) is 13.8. The van der Waals surface area contributed by atoms with Crippen LogP contribution >= 0.6 is 24.0 Å². The molecule has 7 heteroatoms. The van der Waals surface area contributed by atoms with E-state index < -0.39 is 0 Å². The van der Waals surface area contributed by atoms with Crippen LogP contribution in [-0.2, 0) is 6.54 Å². The molecule has 0 aliphatic carbocycles. The molecule has 0 atom stereocenters. The van der Waals surface area contributed by atoms with Crippen molar-refractivity contribution in [2.24, 2.45) is 4.99 Å². The number of hydrogen-bond acceptors (Lipinski definition) is 4. The number of phenolic OH excluding ortho intramolecular Hbond substituents is 1. The lowest BCUT2D eigenvalue weighted by atomic mass is 10.1. The Morgan fingerprint density at radius 2 is 1.96 bits per heavy atom. The Bertz CT molecular complexity index is 775. The first-order valence-corrected chi connectivity index (χ1v) is 9.65. The molecule has 28 heavy (non-hydrogen) atoms. The second-order valence-electron chi connectivity index (χ2n) is 6.91. The molecule has 1 aliphatic rings. The number of pyridine rings is 1. The van der Waals surface area contributed by atoms with Crippen LogP contribution in [0.5, 0.6) is 5.75 Å². The number of rotatable bonds is 5. The van der Waals surface area contributed by atoms with Crippen LogP contribution < -0.4 is 15.5 Å². The van der Waals surface area contributed by atoms with Gasteiger partial charge in [0.25, 0.3) is 0 Å². The van der Waals surface area contributed by atoms with Crippen LogP contribution in [0.3, 0.4) is 0 Å². The number of hydrogen-bond donors (Lipinski definition) is 3. The molecule has 1 fully saturated rings. The van der Waals surface area contributed by atoms with Crippen molar-refractivity contribution in [1.82, 2.24) is 15.6 Å². The topological polar surface area (TPSA) is 72.8 Å². The van der Waals surface area contributed by atoms with E-state index in [9.17, 15) is 5.11 Å². The molecule has 0 spiro atoms. The van der Waals surface area contributed by atoms with E-state index in [0.717, 1.165) is 55.5 Å². The molecule has 152 valence electrons. The fraction of sp³-hybridized carbons (Fsp3) is 0.429. The third-order valence-corrected chi connectivity index (χ3v) is 4.71. The van der Waals surface area contributed by atoms with Crippen LogP contribution in [-0.4, -0.2) is 41.7 Å². The Morgan fingerprint density at radius 3 is 2.64 bits per heavy atom. The summed E-state index contributed by atoms with van der Waals surface area (Å²) in [6.07, 6.45) is 2.10. The SMILES string of the molecule is CCNC(=NCc1cccc(O)c1)NC1CCN(c2cccc(C)n2)CC1.I. The molecule has 2 aromatic rings. The first kappa shape index (κ1) is 22.3. The predicted molar refractivity (Wildman–Crippen MR) is 126 cm³/mol. The fourth-order valence-corrected chi connectivity index (χ4v) is 3.30. The van der Waals surface area contributed by atoms with Crippen LogP contribution in [0, 0.1) is 6.92 Å². The maximum Gasteiger partial charge on any atom is 0.191 e. The van der Waals surface area contributed by atoms with E-state index in [2.05, 4.69) is 44.6 Å². The molecule has 0 unspecified atom stereocenters. The van der Waals surface area contributed by atoms with Gasteiger partial charge in [-0.15, -0.1) is 24.0 Å². The van der Waals surface area contributed by atoms with Crippen molar-refractivity contribution in [3.8, 4) is 5.75 Å². The average Bonchev–Trinajstić information content (AvgIpc) is 2.67. The van der Waals surface area contributed by atoms with E-state index in [1.54, 1.807) is 12.1 Å². The Labute approximate surface area is 184 Å². The minimum Gasteiger partial charge on any atom is -0.508 e. The molecular formula is C21H30IN5O. The molecule has 1 aliphatic heterocycles. The summed E-state index contributed by atoms with van der Waals surface area (Å²) in [6.45, 7) is 7.43. The minimum absolute atomic E-state index is 0. The van der Waals surface area contributed by atoms with Gasteiger partial charge >= 0.3 is 0 Å². The van der Waals surface area contributed by atoms with Gasteiger partial charge in [0.05, 0.1) is 6.54 Å². The number of aryl methyl sites for hydroxylation is 1. The Morgan fingerprint density at radius 1 is 1.21 bits per heavy atom. The minimum atomic E-state index is 0. The van der Waals surface area contributed by atoms with Crippen molar-refractivity contribution in [3.63, 3.8) is 0 Å². The van der Waals surface area contributed by atoms with Crippen molar-refractivity contribution < 1.29 is 5.11 Å². The Balaban J connectivity index is 0.00000280. The van der Waals surface area contributed by atoms with Crippen LogP contribution in [0.4, 0.5) is 5.82 Å². The highest BCUT2D eigenvalue weighted by molar-refractivity contribution is 14.0. The number of guanidine groups is 1. The summed E-state index contributed by atoms with van der Waals surface area (Å²) in [7, 11) is 0. The van der Waals surface area contributed by atoms with Gasteiger partial charge in [-0.2, -0.15) is 0 Å². The van der Waals surface area contributed by atoms with Crippen LogP contribution in [0.25, 0.3) is 0 Å². The van der Waals surface area contributed by atoms with Gasteiger partial charge < -0.3 is 20.6 Å². The number of aromatic hydroxyl groups is 1. The highest BCUT2D eigenvalue weighted by Gasteiger charge is 2.20. The lowest BCUT2D eigenvalue weighted by Gasteiger charge is -2.34. The third-order valence-electron chi connectivity index (χ3n) is 4.71. The number of nitrogens with zero attached hydrogens (tertiary/aromatic N) is 3. The van der Waals surface area contributed by atoms with Gasteiger partial charge in [-0.1, -0.05) is 18.2 Å². The number of anilines is 1. The molecule has 3 N–H and O–H groups in total. The molecule has 0 bridgehead atoms. The normalized spacial score (nSPS) is 15.1. The van der Waals surface area contributed by atoms with Crippen molar-refractivity contribution in [3.05, 3.63) is 53.7 Å². The number of benzene rings is 1. The zero-order valence-corrected chi connectivity index (χ0v) is 18.9. The van der Waals surface area contributed by atoms with E-state index in [1.807, 2.05) is 25.1 Å². The van der Waals surface area contributed by atoms with Gasteiger partial charge in [0.1, 0.15) is 11.6 Å². The molecule has 0 saturated carbocycles. The summed E-state index contributed by atoms with van der Waals surface area (Å²) in [5.41, 5.74) is 2.05. The Kier molecular flexibility index (Phi) is 8.82. The van der Waals surface area contributed by atoms with E-state index in [0.29, 0.717) is 12.6 Å². The zero-order valence-electron chi connectivity index (χ0n) is 16.6. The van der Waals surface area contributed by atoms with Gasteiger partial charge in [0.2, 0.25) is 0 Å². The van der Waals surface area contributed by atoms with E-state index >= 15 is 0 Å². The van der Waals surface area contributed by atoms with Crippen molar-refractivity contribution >= 4 is 35.8 Å². The molecular weight excluding hydrogens is 465 g/mol. The first-order valence-electron chi connectivity index (χ1n) is 9.65. The molecule has 3 rings (SSSR count). The van der Waals surface area contributed by atoms with Crippen molar-refractivity contribution in [1.29, 1.82) is 0 Å². The van der Waals surface area contributed by atoms with Crippen molar-refractivity contribution in [2.75, 3.05) is 24.5 Å². The standard InChI is InChI=1S/C21H29N5O.HI/c1-3-22-21(23-15-17-7-5-8-19(27)14-17)25-18-10-12-26(13-11-18)20-9-4-6-16(2)24-20;/h4-9,14,18,27H,3,10-13,15H2,1-2H3,(H2,22,23,25);1H. The average molecular weight is 495 g/mol. The quantitative estimate of drug-likeness (QED) is 0.337. The number of aromatic nitrogens is 1. The number of piperidine rings is 1. The highest BCUT2D eigenvalue weighted by Crippen LogP contribution is 2.18. The lowest BCUT2D eigenvalue weighted by molar-refractivity contribution is 0.459. The first-order chi connectivity index (χ1) is 13.1. The molecule has 6 nitrogen and oxygen atoms in total. The largest absolute Gasteiger partial charge is 0.508 e. The van der Waals surface area contributed by atoms with Crippen molar-refractivity contribution in [2.45, 2.75) is 39.3 Å². The van der Waals surface area contributed by atoms with Gasteiger partial charge in [-0.3, -0.25) is 0 Å². The maximum atomic E-state index is 9.59. The second kappa shape index (κ2) is 11.1.